The predicted octanol–water partition coefficient (Wildman–Crippen LogP) is 1.45. The third-order valence-corrected chi connectivity index (χ3v) is 6.12. The van der Waals surface area contributed by atoms with Gasteiger partial charge in [-0.3, -0.25) is 9.59 Å². The molecule has 1 heterocycles. The van der Waals surface area contributed by atoms with Crippen LogP contribution in [0.4, 0.5) is 4.39 Å². The highest BCUT2D eigenvalue weighted by Gasteiger charge is 2.44. The van der Waals surface area contributed by atoms with Crippen molar-refractivity contribution in [3.05, 3.63) is 30.1 Å². The summed E-state index contributed by atoms with van der Waals surface area (Å²) in [7, 11) is -4.24. The second-order valence-corrected chi connectivity index (χ2v) is 8.83. The zero-order chi connectivity index (χ0) is 19.7. The number of nitrogens with one attached hydrogen (secondary N) is 1. The van der Waals surface area contributed by atoms with E-state index in [0.29, 0.717) is 6.42 Å². The van der Waals surface area contributed by atoms with Crippen LogP contribution in [0.5, 0.6) is 0 Å². The van der Waals surface area contributed by atoms with E-state index >= 15 is 0 Å². The smallest absolute Gasteiger partial charge is 0.311 e. The van der Waals surface area contributed by atoms with Crippen LogP contribution >= 0.6 is 0 Å². The monoisotopic (exact) mass is 386 g/mol. The number of aliphatic carboxylic acids is 1. The first kappa shape index (κ1) is 20.3. The molecule has 1 aromatic rings. The molecular weight excluding hydrogens is 363 g/mol. The molecule has 0 spiro atoms. The van der Waals surface area contributed by atoms with Crippen molar-refractivity contribution in [2.75, 3.05) is 13.1 Å². The van der Waals surface area contributed by atoms with E-state index in [-0.39, 0.29) is 13.1 Å². The quantitative estimate of drug-likeness (QED) is 0.770. The van der Waals surface area contributed by atoms with E-state index in [4.69, 9.17) is 0 Å². The summed E-state index contributed by atoms with van der Waals surface area (Å²) < 4.78 is 41.1. The number of halogens is 1. The Morgan fingerprint density at radius 2 is 1.92 bits per heavy atom. The molecule has 144 valence electrons. The standard InChI is InChI=1S/C17H23FN2O5S/c1-11(2)14(15(21)20-9-8-17(3,10-20)16(22)23)19-26(24,25)13-7-5-4-6-12(13)18/h4-7,11,14,19H,8-10H2,1-3H3,(H,22,23). The van der Waals surface area contributed by atoms with Gasteiger partial charge in [0.2, 0.25) is 15.9 Å². The molecule has 1 saturated heterocycles. The van der Waals surface area contributed by atoms with Crippen molar-refractivity contribution in [1.29, 1.82) is 0 Å². The Morgan fingerprint density at radius 3 is 2.42 bits per heavy atom. The Kier molecular flexibility index (Phi) is 5.72. The van der Waals surface area contributed by atoms with E-state index < -0.39 is 50.0 Å². The summed E-state index contributed by atoms with van der Waals surface area (Å²) in [5.74, 6) is -2.82. The van der Waals surface area contributed by atoms with Crippen molar-refractivity contribution in [3.8, 4) is 0 Å². The minimum absolute atomic E-state index is 0.00577. The molecule has 2 N–H and O–H groups in total. The van der Waals surface area contributed by atoms with Gasteiger partial charge in [-0.2, -0.15) is 4.72 Å². The lowest BCUT2D eigenvalue weighted by molar-refractivity contribution is -0.147. The van der Waals surface area contributed by atoms with Gasteiger partial charge in [0.1, 0.15) is 16.8 Å². The number of likely N-dealkylation sites (tertiary alicyclic amines) is 1. The summed E-state index contributed by atoms with van der Waals surface area (Å²) >= 11 is 0. The first-order valence-electron chi connectivity index (χ1n) is 8.27. The Balaban J connectivity index is 2.23. The van der Waals surface area contributed by atoms with E-state index in [1.807, 2.05) is 0 Å². The van der Waals surface area contributed by atoms with Gasteiger partial charge in [0, 0.05) is 13.1 Å². The topological polar surface area (TPSA) is 104 Å². The lowest BCUT2D eigenvalue weighted by Crippen LogP contribution is -2.51. The van der Waals surface area contributed by atoms with Gasteiger partial charge in [-0.1, -0.05) is 26.0 Å². The third kappa shape index (κ3) is 4.04. The lowest BCUT2D eigenvalue weighted by Gasteiger charge is -2.27. The zero-order valence-corrected chi connectivity index (χ0v) is 15.7. The van der Waals surface area contributed by atoms with Crippen LogP contribution in [0.2, 0.25) is 0 Å². The van der Waals surface area contributed by atoms with E-state index in [9.17, 15) is 27.5 Å². The average molecular weight is 386 g/mol. The highest BCUT2D eigenvalue weighted by Crippen LogP contribution is 2.31. The van der Waals surface area contributed by atoms with Crippen LogP contribution in [0.15, 0.2) is 29.2 Å². The molecule has 7 nitrogen and oxygen atoms in total. The molecule has 2 atom stereocenters. The molecule has 1 amide bonds. The Bertz CT molecular complexity index is 811. The number of rotatable bonds is 6. The molecule has 1 aromatic carbocycles. The third-order valence-electron chi connectivity index (χ3n) is 4.64. The lowest BCUT2D eigenvalue weighted by atomic mass is 9.90. The molecule has 0 aromatic heterocycles. The number of hydrogen-bond acceptors (Lipinski definition) is 4. The molecule has 1 aliphatic rings. The molecule has 1 fully saturated rings. The van der Waals surface area contributed by atoms with Gasteiger partial charge in [0.05, 0.1) is 5.41 Å². The van der Waals surface area contributed by atoms with Gasteiger partial charge >= 0.3 is 5.97 Å². The van der Waals surface area contributed by atoms with Crippen molar-refractivity contribution in [3.63, 3.8) is 0 Å². The Morgan fingerprint density at radius 1 is 1.31 bits per heavy atom. The van der Waals surface area contributed by atoms with Gasteiger partial charge in [0.15, 0.2) is 0 Å². The molecular formula is C17H23FN2O5S. The van der Waals surface area contributed by atoms with Crippen molar-refractivity contribution in [2.45, 2.75) is 38.1 Å². The summed E-state index contributed by atoms with van der Waals surface area (Å²) in [6, 6.07) is 3.80. The SMILES string of the molecule is CC(C)C(NS(=O)(=O)c1ccccc1F)C(=O)N1CCC(C)(C(=O)O)C1. The van der Waals surface area contributed by atoms with E-state index in [0.717, 1.165) is 12.1 Å². The maximum atomic E-state index is 13.8. The molecule has 2 rings (SSSR count). The number of benzene rings is 1. The summed E-state index contributed by atoms with van der Waals surface area (Å²) in [5.41, 5.74) is -1.05. The van der Waals surface area contributed by atoms with E-state index in [1.165, 1.54) is 17.0 Å². The maximum Gasteiger partial charge on any atom is 0.311 e. The van der Waals surface area contributed by atoms with Gasteiger partial charge < -0.3 is 10.0 Å². The van der Waals surface area contributed by atoms with Crippen LogP contribution in [0.3, 0.4) is 0 Å². The number of hydrogen-bond donors (Lipinski definition) is 2. The number of carbonyl (C=O) groups is 2. The molecule has 0 radical (unpaired) electrons. The largest absolute Gasteiger partial charge is 0.481 e. The van der Waals surface area contributed by atoms with Crippen LogP contribution in [-0.4, -0.2) is 49.4 Å². The maximum absolute atomic E-state index is 13.8. The van der Waals surface area contributed by atoms with Crippen LogP contribution in [0, 0.1) is 17.2 Å². The summed E-state index contributed by atoms with van der Waals surface area (Å²) in [6.45, 7) is 5.12. The molecule has 0 aliphatic carbocycles. The zero-order valence-electron chi connectivity index (χ0n) is 14.9. The number of amides is 1. The minimum atomic E-state index is -4.24. The summed E-state index contributed by atoms with van der Waals surface area (Å²) in [4.78, 5) is 25.0. The first-order chi connectivity index (χ1) is 12.0. The second kappa shape index (κ2) is 7.32. The molecule has 9 heteroatoms. The fourth-order valence-electron chi connectivity index (χ4n) is 2.89. The minimum Gasteiger partial charge on any atom is -0.481 e. The molecule has 0 bridgehead atoms. The van der Waals surface area contributed by atoms with Gasteiger partial charge in [0.25, 0.3) is 0 Å². The van der Waals surface area contributed by atoms with Crippen molar-refractivity contribution in [2.24, 2.45) is 11.3 Å². The highest BCUT2D eigenvalue weighted by molar-refractivity contribution is 7.89. The number of carboxylic acid groups (broad SMARTS) is 1. The van der Waals surface area contributed by atoms with Gasteiger partial charge in [-0.25, -0.2) is 12.8 Å². The summed E-state index contributed by atoms with van der Waals surface area (Å²) in [6.07, 6.45) is 0.291. The predicted molar refractivity (Wildman–Crippen MR) is 92.3 cm³/mol. The summed E-state index contributed by atoms with van der Waals surface area (Å²) in [5, 5.41) is 9.29. The van der Waals surface area contributed by atoms with Gasteiger partial charge in [-0.15, -0.1) is 0 Å². The molecule has 2 unspecified atom stereocenters. The van der Waals surface area contributed by atoms with Crippen molar-refractivity contribution >= 4 is 21.9 Å². The number of nitrogens with zero attached hydrogens (tertiary/aromatic N) is 1. The second-order valence-electron chi connectivity index (χ2n) is 7.15. The average Bonchev–Trinajstić information content (AvgIpc) is 2.96. The normalized spacial score (nSPS) is 21.8. The van der Waals surface area contributed by atoms with E-state index in [1.54, 1.807) is 20.8 Å². The molecule has 26 heavy (non-hydrogen) atoms. The fraction of sp³-hybridized carbons (Fsp3) is 0.529. The van der Waals surface area contributed by atoms with Crippen LogP contribution in [0.25, 0.3) is 0 Å². The van der Waals surface area contributed by atoms with Crippen molar-refractivity contribution < 1.29 is 27.5 Å². The highest BCUT2D eigenvalue weighted by atomic mass is 32.2. The molecule has 1 aliphatic heterocycles. The van der Waals surface area contributed by atoms with Crippen molar-refractivity contribution in [1.82, 2.24) is 9.62 Å². The number of carboxylic acids is 1. The fourth-order valence-corrected chi connectivity index (χ4v) is 4.30. The number of sulfonamides is 1. The van der Waals surface area contributed by atoms with Crippen LogP contribution in [-0.2, 0) is 19.6 Å². The van der Waals surface area contributed by atoms with Gasteiger partial charge in [-0.05, 0) is 31.4 Å². The Labute approximate surface area is 152 Å². The molecule has 0 saturated carbocycles. The Hall–Kier alpha value is -2.00. The first-order valence-corrected chi connectivity index (χ1v) is 9.75. The van der Waals surface area contributed by atoms with Crippen LogP contribution in [0.1, 0.15) is 27.2 Å². The van der Waals surface area contributed by atoms with E-state index in [2.05, 4.69) is 4.72 Å². The van der Waals surface area contributed by atoms with Crippen LogP contribution < -0.4 is 4.72 Å². The number of carbonyl (C=O) groups excluding carboxylic acids is 1.